The van der Waals surface area contributed by atoms with Gasteiger partial charge in [0, 0.05) is 5.41 Å². The first-order valence-electron chi connectivity index (χ1n) is 9.32. The van der Waals surface area contributed by atoms with Crippen LogP contribution in [0.2, 0.25) is 0 Å². The number of Topliss-reactive ketones (excluding diaryl/α,β-unsaturated/α-hetero) is 1. The highest BCUT2D eigenvalue weighted by atomic mass is 79.9. The van der Waals surface area contributed by atoms with E-state index in [1.165, 1.54) is 0 Å². The molecule has 0 amide bonds. The molecule has 9 atom stereocenters. The molecule has 0 heterocycles. The Bertz CT molecular complexity index is 523. The third-order valence-corrected chi connectivity index (χ3v) is 9.14. The highest BCUT2D eigenvalue weighted by Crippen LogP contribution is 2.65. The molecule has 2 N–H and O–H groups in total. The van der Waals surface area contributed by atoms with Crippen LogP contribution in [0.15, 0.2) is 0 Å². The first kappa shape index (κ1) is 16.5. The van der Waals surface area contributed by atoms with Gasteiger partial charge >= 0.3 is 0 Å². The molecule has 0 saturated heterocycles. The quantitative estimate of drug-likeness (QED) is 0.629. The minimum absolute atomic E-state index is 0.0258. The van der Waals surface area contributed by atoms with Crippen molar-refractivity contribution in [3.05, 3.63) is 0 Å². The molecule has 0 radical (unpaired) electrons. The normalized spacial score (nSPS) is 59.2. The zero-order chi connectivity index (χ0) is 16.6. The van der Waals surface area contributed by atoms with Crippen LogP contribution in [0.3, 0.4) is 0 Å². The van der Waals surface area contributed by atoms with Crippen LogP contribution in [0, 0.1) is 34.5 Å². The van der Waals surface area contributed by atoms with Crippen molar-refractivity contribution in [1.82, 2.24) is 0 Å². The Kier molecular flexibility index (Phi) is 3.80. The second kappa shape index (κ2) is 5.28. The molecule has 0 spiro atoms. The molecule has 4 heteroatoms. The zero-order valence-corrected chi connectivity index (χ0v) is 15.8. The summed E-state index contributed by atoms with van der Waals surface area (Å²) in [5.74, 6) is 1.88. The van der Waals surface area contributed by atoms with Crippen LogP contribution in [0.25, 0.3) is 0 Å². The van der Waals surface area contributed by atoms with Crippen LogP contribution in [-0.4, -0.2) is 33.0 Å². The lowest BCUT2D eigenvalue weighted by Crippen LogP contribution is -2.58. The molecule has 0 aromatic heterocycles. The van der Waals surface area contributed by atoms with Crippen LogP contribution in [-0.2, 0) is 4.79 Å². The van der Waals surface area contributed by atoms with E-state index in [9.17, 15) is 15.0 Å². The summed E-state index contributed by atoms with van der Waals surface area (Å²) in [5, 5.41) is 21.0. The molecule has 0 bridgehead atoms. The maximum Gasteiger partial charge on any atom is 0.152 e. The van der Waals surface area contributed by atoms with E-state index in [0.717, 1.165) is 44.9 Å². The van der Waals surface area contributed by atoms with Crippen LogP contribution in [0.4, 0.5) is 0 Å². The van der Waals surface area contributed by atoms with Gasteiger partial charge in [-0.25, -0.2) is 0 Å². The summed E-state index contributed by atoms with van der Waals surface area (Å²) < 4.78 is 0. The van der Waals surface area contributed by atoms with Crippen LogP contribution >= 0.6 is 15.9 Å². The summed E-state index contributed by atoms with van der Waals surface area (Å²) in [6.07, 6.45) is 6.04. The van der Waals surface area contributed by atoms with Gasteiger partial charge in [-0.2, -0.15) is 0 Å². The zero-order valence-electron chi connectivity index (χ0n) is 14.2. The number of hydrogen-bond acceptors (Lipinski definition) is 3. The third kappa shape index (κ3) is 2.17. The lowest BCUT2D eigenvalue weighted by Gasteiger charge is -2.61. The van der Waals surface area contributed by atoms with Crippen molar-refractivity contribution in [2.24, 2.45) is 34.5 Å². The fourth-order valence-electron chi connectivity index (χ4n) is 6.95. The van der Waals surface area contributed by atoms with Gasteiger partial charge < -0.3 is 10.2 Å². The van der Waals surface area contributed by atoms with Crippen LogP contribution in [0.1, 0.15) is 58.8 Å². The maximum atomic E-state index is 12.7. The van der Waals surface area contributed by atoms with Gasteiger partial charge in [-0.3, -0.25) is 4.79 Å². The van der Waals surface area contributed by atoms with Crippen molar-refractivity contribution in [1.29, 1.82) is 0 Å². The number of carbonyl (C=O) groups is 1. The summed E-state index contributed by atoms with van der Waals surface area (Å²) in [6.45, 7) is 4.54. The molecule has 4 fully saturated rings. The topological polar surface area (TPSA) is 57.5 Å². The second-order valence-electron chi connectivity index (χ2n) is 9.25. The molecule has 4 aliphatic rings. The van der Waals surface area contributed by atoms with Gasteiger partial charge in [0.05, 0.1) is 17.0 Å². The number of rotatable bonds is 0. The summed E-state index contributed by atoms with van der Waals surface area (Å²) in [5.41, 5.74) is -0.00834. The van der Waals surface area contributed by atoms with Gasteiger partial charge in [0.15, 0.2) is 5.78 Å². The van der Waals surface area contributed by atoms with Crippen LogP contribution in [0.5, 0.6) is 0 Å². The second-order valence-corrected chi connectivity index (χ2v) is 10.4. The number of carbonyl (C=O) groups excluding carboxylic acids is 1. The van der Waals surface area contributed by atoms with E-state index in [1.54, 1.807) is 0 Å². The molecule has 3 nitrogen and oxygen atoms in total. The number of aliphatic hydroxyl groups excluding tert-OH is 2. The molecule has 23 heavy (non-hydrogen) atoms. The van der Waals surface area contributed by atoms with E-state index in [0.29, 0.717) is 23.5 Å². The molecule has 0 aliphatic heterocycles. The first-order chi connectivity index (χ1) is 10.8. The minimum atomic E-state index is -0.307. The molecule has 130 valence electrons. The lowest BCUT2D eigenvalue weighted by atomic mass is 9.44. The summed E-state index contributed by atoms with van der Waals surface area (Å²) >= 11 is 3.59. The van der Waals surface area contributed by atoms with Crippen molar-refractivity contribution in [2.45, 2.75) is 75.8 Å². The highest BCUT2D eigenvalue weighted by molar-refractivity contribution is 9.10. The fraction of sp³-hybridized carbons (Fsp3) is 0.947. The van der Waals surface area contributed by atoms with E-state index < -0.39 is 0 Å². The number of halogens is 1. The molecular formula is C19H29BrO3. The molecule has 4 saturated carbocycles. The minimum Gasteiger partial charge on any atom is -0.393 e. The Morgan fingerprint density at radius 1 is 1.04 bits per heavy atom. The Balaban J connectivity index is 1.69. The SMILES string of the molecule is C[C@]12CC[C@H](O)CC1C[C@H](O)C1C2CC[C@]2(C)C(=O)C(Br)CC12. The van der Waals surface area contributed by atoms with Crippen molar-refractivity contribution in [2.75, 3.05) is 0 Å². The number of aliphatic hydroxyl groups is 2. The van der Waals surface area contributed by atoms with Gasteiger partial charge in [-0.05, 0) is 74.0 Å². The van der Waals surface area contributed by atoms with Gasteiger partial charge in [0.25, 0.3) is 0 Å². The molecular weight excluding hydrogens is 356 g/mol. The van der Waals surface area contributed by atoms with Gasteiger partial charge in [-0.1, -0.05) is 29.8 Å². The van der Waals surface area contributed by atoms with E-state index in [-0.39, 0.29) is 33.8 Å². The lowest BCUT2D eigenvalue weighted by molar-refractivity contribution is -0.171. The number of ketones is 1. The first-order valence-corrected chi connectivity index (χ1v) is 10.2. The van der Waals surface area contributed by atoms with Crippen molar-refractivity contribution < 1.29 is 15.0 Å². The van der Waals surface area contributed by atoms with Crippen molar-refractivity contribution >= 4 is 21.7 Å². The average Bonchev–Trinajstić information content (AvgIpc) is 2.73. The van der Waals surface area contributed by atoms with E-state index in [1.807, 2.05) is 0 Å². The highest BCUT2D eigenvalue weighted by Gasteiger charge is 2.64. The number of alkyl halides is 1. The fourth-order valence-corrected chi connectivity index (χ4v) is 7.88. The van der Waals surface area contributed by atoms with E-state index >= 15 is 0 Å². The number of hydrogen-bond donors (Lipinski definition) is 2. The summed E-state index contributed by atoms with van der Waals surface area (Å²) in [6, 6.07) is 0. The predicted octanol–water partition coefficient (Wildman–Crippen LogP) is 3.30. The van der Waals surface area contributed by atoms with Gasteiger partial charge in [0.2, 0.25) is 0 Å². The molecule has 0 aromatic carbocycles. The van der Waals surface area contributed by atoms with Gasteiger partial charge in [-0.15, -0.1) is 0 Å². The monoisotopic (exact) mass is 384 g/mol. The van der Waals surface area contributed by atoms with Crippen LogP contribution < -0.4 is 0 Å². The van der Waals surface area contributed by atoms with E-state index in [2.05, 4.69) is 29.8 Å². The Morgan fingerprint density at radius 2 is 1.78 bits per heavy atom. The maximum absolute atomic E-state index is 12.7. The predicted molar refractivity (Wildman–Crippen MR) is 92.2 cm³/mol. The molecule has 5 unspecified atom stereocenters. The standard InChI is InChI=1S/C19H29BrO3/c1-18-5-3-11(21)7-10(18)8-15(22)16-12(18)4-6-19(2)13(16)9-14(20)17(19)23/h10-16,21-22H,3-9H2,1-2H3/t10?,11-,12?,13?,14?,15-,16?,18-,19-/m0/s1. The van der Waals surface area contributed by atoms with Gasteiger partial charge in [0.1, 0.15) is 0 Å². The molecule has 4 aliphatic carbocycles. The summed E-state index contributed by atoms with van der Waals surface area (Å²) in [7, 11) is 0. The van der Waals surface area contributed by atoms with Crippen molar-refractivity contribution in [3.8, 4) is 0 Å². The largest absolute Gasteiger partial charge is 0.393 e. The third-order valence-electron chi connectivity index (χ3n) is 8.35. The Labute approximate surface area is 147 Å². The Hall–Kier alpha value is 0.0700. The smallest absolute Gasteiger partial charge is 0.152 e. The average molecular weight is 385 g/mol. The summed E-state index contributed by atoms with van der Waals surface area (Å²) in [4.78, 5) is 12.7. The molecule has 0 aromatic rings. The Morgan fingerprint density at radius 3 is 2.52 bits per heavy atom. The van der Waals surface area contributed by atoms with E-state index in [4.69, 9.17) is 0 Å². The van der Waals surface area contributed by atoms with Crippen molar-refractivity contribution in [3.63, 3.8) is 0 Å². The molecule has 4 rings (SSSR count). The number of fused-ring (bicyclic) bond motifs is 5.